The molecule has 0 aliphatic rings. The van der Waals surface area contributed by atoms with Gasteiger partial charge in [0.2, 0.25) is 5.91 Å². The van der Waals surface area contributed by atoms with Crippen LogP contribution in [0.1, 0.15) is 49.1 Å². The highest BCUT2D eigenvalue weighted by atomic mass is 32.1. The number of amides is 1. The van der Waals surface area contributed by atoms with E-state index in [4.69, 9.17) is 0 Å². The molecule has 0 atom stereocenters. The third-order valence-electron chi connectivity index (χ3n) is 2.70. The summed E-state index contributed by atoms with van der Waals surface area (Å²) in [5, 5.41) is 2.43. The van der Waals surface area contributed by atoms with E-state index >= 15 is 0 Å². The first-order valence-corrected chi connectivity index (χ1v) is 7.66. The average molecular weight is 298 g/mol. The van der Waals surface area contributed by atoms with E-state index in [-0.39, 0.29) is 5.91 Å². The van der Waals surface area contributed by atoms with Crippen molar-refractivity contribution in [1.29, 1.82) is 0 Å². The van der Waals surface area contributed by atoms with Gasteiger partial charge in [0.25, 0.3) is 0 Å². The van der Waals surface area contributed by atoms with Gasteiger partial charge in [-0.2, -0.15) is 0 Å². The smallest absolute Gasteiger partial charge is 0.357 e. The van der Waals surface area contributed by atoms with Crippen molar-refractivity contribution in [2.45, 2.75) is 40.2 Å². The predicted molar refractivity (Wildman–Crippen MR) is 78.6 cm³/mol. The largest absolute Gasteiger partial charge is 0.464 e. The highest BCUT2D eigenvalue weighted by Crippen LogP contribution is 2.15. The van der Waals surface area contributed by atoms with Crippen LogP contribution in [0.3, 0.4) is 0 Å². The van der Waals surface area contributed by atoms with Gasteiger partial charge >= 0.3 is 5.97 Å². The lowest BCUT2D eigenvalue weighted by atomic mass is 10.1. The molecule has 1 rings (SSSR count). The number of rotatable bonds is 7. The van der Waals surface area contributed by atoms with Gasteiger partial charge in [-0.15, -0.1) is 11.3 Å². The molecule has 0 aromatic carbocycles. The monoisotopic (exact) mass is 298 g/mol. The molecule has 6 heteroatoms. The lowest BCUT2D eigenvalue weighted by Gasteiger charge is -2.21. The second kappa shape index (κ2) is 7.99. The minimum absolute atomic E-state index is 0.136. The normalized spacial score (nSPS) is 10.7. The number of nitrogens with zero attached hydrogens (tertiary/aromatic N) is 2. The zero-order valence-corrected chi connectivity index (χ0v) is 13.3. The number of esters is 1. The molecule has 1 aromatic rings. The van der Waals surface area contributed by atoms with Crippen molar-refractivity contribution in [3.63, 3.8) is 0 Å². The molecular weight excluding hydrogens is 276 g/mol. The number of carbonyl (C=O) groups excluding carboxylic acids is 2. The van der Waals surface area contributed by atoms with E-state index in [9.17, 15) is 9.59 Å². The molecule has 5 nitrogen and oxygen atoms in total. The lowest BCUT2D eigenvalue weighted by Crippen LogP contribution is -2.32. The van der Waals surface area contributed by atoms with Crippen LogP contribution >= 0.6 is 11.3 Å². The predicted octanol–water partition coefficient (Wildman–Crippen LogP) is 2.71. The fourth-order valence-corrected chi connectivity index (χ4v) is 2.56. The molecular formula is C14H22N2O3S. The number of hydrogen-bond donors (Lipinski definition) is 0. The van der Waals surface area contributed by atoms with E-state index in [1.807, 2.05) is 20.8 Å². The standard InChI is InChI=1S/C14H22N2O3S/c1-5-6-16(13(17)7-10(2)3)8-12-15-11(9-20-12)14(18)19-4/h9-10H,5-8H2,1-4H3. The SMILES string of the molecule is CCCN(Cc1nc(C(=O)OC)cs1)C(=O)CC(C)C. The summed E-state index contributed by atoms with van der Waals surface area (Å²) in [6.45, 7) is 7.26. The molecule has 0 bridgehead atoms. The molecule has 0 saturated heterocycles. The quantitative estimate of drug-likeness (QED) is 0.726. The Morgan fingerprint density at radius 3 is 2.70 bits per heavy atom. The summed E-state index contributed by atoms with van der Waals surface area (Å²) in [4.78, 5) is 29.5. The van der Waals surface area contributed by atoms with Gasteiger partial charge in [0.15, 0.2) is 5.69 Å². The van der Waals surface area contributed by atoms with Gasteiger partial charge in [-0.3, -0.25) is 4.79 Å². The number of hydrogen-bond acceptors (Lipinski definition) is 5. The molecule has 1 aromatic heterocycles. The molecule has 0 aliphatic heterocycles. The van der Waals surface area contributed by atoms with E-state index in [1.54, 1.807) is 10.3 Å². The van der Waals surface area contributed by atoms with Crippen molar-refractivity contribution >= 4 is 23.2 Å². The Labute approximate surface area is 124 Å². The Morgan fingerprint density at radius 2 is 2.15 bits per heavy atom. The molecule has 0 aliphatic carbocycles. The average Bonchev–Trinajstić information content (AvgIpc) is 2.85. The van der Waals surface area contributed by atoms with E-state index < -0.39 is 5.97 Å². The summed E-state index contributed by atoms with van der Waals surface area (Å²) in [5.41, 5.74) is 0.306. The summed E-state index contributed by atoms with van der Waals surface area (Å²) < 4.78 is 4.63. The first kappa shape index (κ1) is 16.6. The maximum atomic E-state index is 12.2. The molecule has 0 fully saturated rings. The zero-order chi connectivity index (χ0) is 15.1. The fourth-order valence-electron chi connectivity index (χ4n) is 1.79. The maximum Gasteiger partial charge on any atom is 0.357 e. The van der Waals surface area contributed by atoms with Gasteiger partial charge < -0.3 is 9.64 Å². The third kappa shape index (κ3) is 4.92. The van der Waals surface area contributed by atoms with Gasteiger partial charge in [0.05, 0.1) is 13.7 Å². The van der Waals surface area contributed by atoms with Crippen molar-refractivity contribution in [3.05, 3.63) is 16.1 Å². The van der Waals surface area contributed by atoms with Gasteiger partial charge in [0, 0.05) is 18.3 Å². The number of thiazole rings is 1. The Kier molecular flexibility index (Phi) is 6.64. The second-order valence-electron chi connectivity index (χ2n) is 5.03. The number of aromatic nitrogens is 1. The van der Waals surface area contributed by atoms with Crippen LogP contribution in [0.2, 0.25) is 0 Å². The minimum atomic E-state index is -0.442. The molecule has 1 heterocycles. The number of methoxy groups -OCH3 is 1. The Morgan fingerprint density at radius 1 is 1.45 bits per heavy atom. The zero-order valence-electron chi connectivity index (χ0n) is 12.5. The van der Waals surface area contributed by atoms with Crippen LogP contribution in [0, 0.1) is 5.92 Å². The first-order valence-electron chi connectivity index (χ1n) is 6.78. The molecule has 0 spiro atoms. The number of carbonyl (C=O) groups is 2. The van der Waals surface area contributed by atoms with E-state index in [0.29, 0.717) is 31.1 Å². The molecule has 112 valence electrons. The summed E-state index contributed by atoms with van der Waals surface area (Å²) in [5.74, 6) is 0.0310. The Hall–Kier alpha value is -1.43. The van der Waals surface area contributed by atoms with Crippen molar-refractivity contribution in [2.24, 2.45) is 5.92 Å². The van der Waals surface area contributed by atoms with E-state index in [2.05, 4.69) is 9.72 Å². The van der Waals surface area contributed by atoms with Crippen LogP contribution in [0.4, 0.5) is 0 Å². The molecule has 0 radical (unpaired) electrons. The van der Waals surface area contributed by atoms with Crippen LogP contribution in [0.25, 0.3) is 0 Å². The van der Waals surface area contributed by atoms with Crippen LogP contribution in [0.5, 0.6) is 0 Å². The maximum absolute atomic E-state index is 12.2. The van der Waals surface area contributed by atoms with Gasteiger partial charge in [-0.25, -0.2) is 9.78 Å². The van der Waals surface area contributed by atoms with Crippen molar-refractivity contribution in [1.82, 2.24) is 9.88 Å². The van der Waals surface area contributed by atoms with Crippen molar-refractivity contribution < 1.29 is 14.3 Å². The van der Waals surface area contributed by atoms with E-state index in [1.165, 1.54) is 18.4 Å². The summed E-state index contributed by atoms with van der Waals surface area (Å²) >= 11 is 1.38. The molecule has 0 saturated carbocycles. The molecule has 0 unspecified atom stereocenters. The van der Waals surface area contributed by atoms with Gasteiger partial charge in [-0.05, 0) is 12.3 Å². The van der Waals surface area contributed by atoms with Crippen LogP contribution in [0.15, 0.2) is 5.38 Å². The van der Waals surface area contributed by atoms with Gasteiger partial charge in [0.1, 0.15) is 5.01 Å². The fraction of sp³-hybridized carbons (Fsp3) is 0.643. The van der Waals surface area contributed by atoms with E-state index in [0.717, 1.165) is 11.4 Å². The summed E-state index contributed by atoms with van der Waals surface area (Å²) in [7, 11) is 1.33. The highest BCUT2D eigenvalue weighted by Gasteiger charge is 2.17. The summed E-state index contributed by atoms with van der Waals surface area (Å²) in [6.07, 6.45) is 1.44. The minimum Gasteiger partial charge on any atom is -0.464 e. The molecule has 1 amide bonds. The lowest BCUT2D eigenvalue weighted by molar-refractivity contribution is -0.132. The Balaban J connectivity index is 2.72. The van der Waals surface area contributed by atoms with Gasteiger partial charge in [-0.1, -0.05) is 20.8 Å². The Bertz CT molecular complexity index is 457. The first-order chi connectivity index (χ1) is 9.47. The van der Waals surface area contributed by atoms with Crippen LogP contribution in [-0.2, 0) is 16.1 Å². The van der Waals surface area contributed by atoms with Crippen molar-refractivity contribution in [3.8, 4) is 0 Å². The molecule has 20 heavy (non-hydrogen) atoms. The topological polar surface area (TPSA) is 59.5 Å². The van der Waals surface area contributed by atoms with Crippen molar-refractivity contribution in [2.75, 3.05) is 13.7 Å². The highest BCUT2D eigenvalue weighted by molar-refractivity contribution is 7.09. The number of ether oxygens (including phenoxy) is 1. The van der Waals surface area contributed by atoms with Crippen LogP contribution in [-0.4, -0.2) is 35.4 Å². The third-order valence-corrected chi connectivity index (χ3v) is 3.54. The second-order valence-corrected chi connectivity index (χ2v) is 5.97. The molecule has 0 N–H and O–H groups in total. The van der Waals surface area contributed by atoms with Crippen LogP contribution < -0.4 is 0 Å². The summed E-state index contributed by atoms with van der Waals surface area (Å²) in [6, 6.07) is 0.